The highest BCUT2D eigenvalue weighted by Crippen LogP contribution is 2.21. The van der Waals surface area contributed by atoms with E-state index in [1.165, 1.54) is 11.8 Å². The minimum absolute atomic E-state index is 0.265. The van der Waals surface area contributed by atoms with E-state index in [-0.39, 0.29) is 12.5 Å². The summed E-state index contributed by atoms with van der Waals surface area (Å²) in [4.78, 5) is 29.0. The van der Waals surface area contributed by atoms with Crippen LogP contribution in [-0.4, -0.2) is 23.5 Å². The summed E-state index contributed by atoms with van der Waals surface area (Å²) < 4.78 is 5.04. The van der Waals surface area contributed by atoms with Crippen LogP contribution in [0, 0.1) is 0 Å². The molecule has 0 saturated heterocycles. The number of nitrogens with zero attached hydrogens (tertiary/aromatic N) is 1. The Labute approximate surface area is 169 Å². The van der Waals surface area contributed by atoms with Crippen molar-refractivity contribution in [1.82, 2.24) is 4.98 Å². The van der Waals surface area contributed by atoms with Crippen LogP contribution in [0.4, 0.5) is 17.2 Å². The number of aromatic nitrogens is 1. The molecule has 1 heterocycles. The zero-order valence-corrected chi connectivity index (χ0v) is 16.4. The van der Waals surface area contributed by atoms with Gasteiger partial charge in [-0.05, 0) is 49.2 Å². The highest BCUT2D eigenvalue weighted by atomic mass is 16.5. The van der Waals surface area contributed by atoms with Crippen LogP contribution in [0.2, 0.25) is 0 Å². The standard InChI is InChI=1S/C23H23N3O3/c1-3-16-9-5-7-11-19(16)25-21-14-13-17(15-24-21)22(27)26-20-12-8-6-10-18(20)23(28)29-4-2/h5-15H,3-4H2,1-2H3,(H,24,25)(H,26,27). The number of amides is 1. The molecule has 29 heavy (non-hydrogen) atoms. The van der Waals surface area contributed by atoms with Crippen LogP contribution >= 0.6 is 0 Å². The van der Waals surface area contributed by atoms with Crippen LogP contribution < -0.4 is 10.6 Å². The molecule has 0 spiro atoms. The number of hydrogen-bond acceptors (Lipinski definition) is 5. The van der Waals surface area contributed by atoms with E-state index in [1.807, 2.05) is 18.2 Å². The highest BCUT2D eigenvalue weighted by molar-refractivity contribution is 6.07. The molecule has 3 aromatic rings. The Kier molecular flexibility index (Phi) is 6.58. The molecule has 1 amide bonds. The maximum absolute atomic E-state index is 12.6. The average Bonchev–Trinajstić information content (AvgIpc) is 2.75. The molecule has 0 fully saturated rings. The summed E-state index contributed by atoms with van der Waals surface area (Å²) in [6, 6.07) is 18.2. The van der Waals surface area contributed by atoms with E-state index in [4.69, 9.17) is 4.74 Å². The lowest BCUT2D eigenvalue weighted by Crippen LogP contribution is -2.16. The number of hydrogen-bond donors (Lipinski definition) is 2. The van der Waals surface area contributed by atoms with E-state index in [1.54, 1.807) is 43.3 Å². The van der Waals surface area contributed by atoms with Gasteiger partial charge in [-0.2, -0.15) is 0 Å². The molecule has 0 aliphatic heterocycles. The van der Waals surface area contributed by atoms with E-state index >= 15 is 0 Å². The molecule has 2 aromatic carbocycles. The van der Waals surface area contributed by atoms with Gasteiger partial charge in [-0.15, -0.1) is 0 Å². The van der Waals surface area contributed by atoms with Gasteiger partial charge in [0.15, 0.2) is 0 Å². The molecule has 6 nitrogen and oxygen atoms in total. The Morgan fingerprint density at radius 1 is 0.931 bits per heavy atom. The summed E-state index contributed by atoms with van der Waals surface area (Å²) in [7, 11) is 0. The molecule has 6 heteroatoms. The molecular weight excluding hydrogens is 366 g/mol. The molecule has 0 bridgehead atoms. The van der Waals surface area contributed by atoms with E-state index < -0.39 is 5.97 Å². The average molecular weight is 389 g/mol. The summed E-state index contributed by atoms with van der Waals surface area (Å²) in [6.07, 6.45) is 2.41. The van der Waals surface area contributed by atoms with Gasteiger partial charge in [-0.25, -0.2) is 9.78 Å². The third kappa shape index (κ3) is 4.99. The number of benzene rings is 2. The third-order valence-corrected chi connectivity index (χ3v) is 4.36. The lowest BCUT2D eigenvalue weighted by atomic mass is 10.1. The predicted molar refractivity (Wildman–Crippen MR) is 114 cm³/mol. The Bertz CT molecular complexity index is 1000. The Balaban J connectivity index is 1.72. The van der Waals surface area contributed by atoms with Gasteiger partial charge in [0.05, 0.1) is 23.4 Å². The number of rotatable bonds is 7. The van der Waals surface area contributed by atoms with Crippen molar-refractivity contribution in [3.05, 3.63) is 83.6 Å². The van der Waals surface area contributed by atoms with Crippen molar-refractivity contribution >= 4 is 29.1 Å². The molecule has 0 aliphatic rings. The molecule has 0 aliphatic carbocycles. The first-order valence-electron chi connectivity index (χ1n) is 9.50. The van der Waals surface area contributed by atoms with Gasteiger partial charge in [0.1, 0.15) is 5.82 Å². The van der Waals surface area contributed by atoms with Gasteiger partial charge in [0.2, 0.25) is 0 Å². The molecule has 2 N–H and O–H groups in total. The van der Waals surface area contributed by atoms with Crippen molar-refractivity contribution in [3.63, 3.8) is 0 Å². The maximum Gasteiger partial charge on any atom is 0.340 e. The van der Waals surface area contributed by atoms with E-state index in [9.17, 15) is 9.59 Å². The molecule has 3 rings (SSSR count). The normalized spacial score (nSPS) is 10.3. The van der Waals surface area contributed by atoms with Crippen LogP contribution in [0.15, 0.2) is 66.9 Å². The number of nitrogens with one attached hydrogen (secondary N) is 2. The maximum atomic E-state index is 12.6. The number of aryl methyl sites for hydroxylation is 1. The van der Waals surface area contributed by atoms with Gasteiger partial charge < -0.3 is 15.4 Å². The first-order valence-corrected chi connectivity index (χ1v) is 9.50. The topological polar surface area (TPSA) is 80.3 Å². The second kappa shape index (κ2) is 9.50. The van der Waals surface area contributed by atoms with Crippen molar-refractivity contribution < 1.29 is 14.3 Å². The fourth-order valence-corrected chi connectivity index (χ4v) is 2.86. The number of carbonyl (C=O) groups is 2. The lowest BCUT2D eigenvalue weighted by Gasteiger charge is -2.12. The van der Waals surface area contributed by atoms with Crippen LogP contribution in [0.3, 0.4) is 0 Å². The monoisotopic (exact) mass is 389 g/mol. The van der Waals surface area contributed by atoms with Crippen LogP contribution in [0.1, 0.15) is 40.1 Å². The molecular formula is C23H23N3O3. The van der Waals surface area contributed by atoms with Gasteiger partial charge in [-0.1, -0.05) is 37.3 Å². The third-order valence-electron chi connectivity index (χ3n) is 4.36. The zero-order valence-electron chi connectivity index (χ0n) is 16.4. The highest BCUT2D eigenvalue weighted by Gasteiger charge is 2.15. The van der Waals surface area contributed by atoms with E-state index in [0.717, 1.165) is 12.1 Å². The summed E-state index contributed by atoms with van der Waals surface area (Å²) in [5.41, 5.74) is 3.27. The molecule has 0 atom stereocenters. The number of pyridine rings is 1. The fraction of sp³-hybridized carbons (Fsp3) is 0.174. The Morgan fingerprint density at radius 2 is 1.66 bits per heavy atom. The van der Waals surface area contributed by atoms with Gasteiger partial charge in [0, 0.05) is 11.9 Å². The van der Waals surface area contributed by atoms with Crippen molar-refractivity contribution in [2.24, 2.45) is 0 Å². The van der Waals surface area contributed by atoms with Crippen LogP contribution in [0.25, 0.3) is 0 Å². The number of anilines is 3. The van der Waals surface area contributed by atoms with Gasteiger partial charge >= 0.3 is 5.97 Å². The van der Waals surface area contributed by atoms with Crippen molar-refractivity contribution in [2.45, 2.75) is 20.3 Å². The number of para-hydroxylation sites is 2. The molecule has 1 aromatic heterocycles. The summed E-state index contributed by atoms with van der Waals surface area (Å²) in [5.74, 6) is -0.181. The molecule has 0 radical (unpaired) electrons. The number of esters is 1. The number of carbonyl (C=O) groups excluding carboxylic acids is 2. The van der Waals surface area contributed by atoms with Crippen molar-refractivity contribution in [3.8, 4) is 0 Å². The molecule has 0 unspecified atom stereocenters. The summed E-state index contributed by atoms with van der Waals surface area (Å²) in [5, 5.41) is 6.03. The van der Waals surface area contributed by atoms with Crippen molar-refractivity contribution in [1.29, 1.82) is 0 Å². The zero-order chi connectivity index (χ0) is 20.6. The van der Waals surface area contributed by atoms with Crippen LogP contribution in [-0.2, 0) is 11.2 Å². The van der Waals surface area contributed by atoms with Gasteiger partial charge in [0.25, 0.3) is 5.91 Å². The Morgan fingerprint density at radius 3 is 2.34 bits per heavy atom. The van der Waals surface area contributed by atoms with E-state index in [2.05, 4.69) is 28.6 Å². The lowest BCUT2D eigenvalue weighted by molar-refractivity contribution is 0.0527. The largest absolute Gasteiger partial charge is 0.462 e. The van der Waals surface area contributed by atoms with Crippen molar-refractivity contribution in [2.75, 3.05) is 17.2 Å². The smallest absolute Gasteiger partial charge is 0.340 e. The second-order valence-corrected chi connectivity index (χ2v) is 6.29. The molecule has 148 valence electrons. The minimum Gasteiger partial charge on any atom is -0.462 e. The van der Waals surface area contributed by atoms with E-state index in [0.29, 0.717) is 22.6 Å². The van der Waals surface area contributed by atoms with Crippen LogP contribution in [0.5, 0.6) is 0 Å². The first kappa shape index (κ1) is 20.1. The Hall–Kier alpha value is -3.67. The second-order valence-electron chi connectivity index (χ2n) is 6.29. The summed E-state index contributed by atoms with van der Waals surface area (Å²) in [6.45, 7) is 4.09. The molecule has 0 saturated carbocycles. The summed E-state index contributed by atoms with van der Waals surface area (Å²) >= 11 is 0. The van der Waals surface area contributed by atoms with Gasteiger partial charge in [-0.3, -0.25) is 4.79 Å². The SMILES string of the molecule is CCOC(=O)c1ccccc1NC(=O)c1ccc(Nc2ccccc2CC)nc1. The fourth-order valence-electron chi connectivity index (χ4n) is 2.86. The quantitative estimate of drug-likeness (QED) is 0.567. The first-order chi connectivity index (χ1) is 14.1. The predicted octanol–water partition coefficient (Wildman–Crippen LogP) is 4.82. The minimum atomic E-state index is -0.476. The number of ether oxygens (including phenoxy) is 1.